The topological polar surface area (TPSA) is 71.7 Å². The van der Waals surface area contributed by atoms with E-state index in [-0.39, 0.29) is 24.0 Å². The van der Waals surface area contributed by atoms with Crippen LogP contribution in [-0.4, -0.2) is 31.3 Å². The average molecular weight is 472 g/mol. The highest BCUT2D eigenvalue weighted by atomic mass is 127. The van der Waals surface area contributed by atoms with Crippen LogP contribution >= 0.6 is 24.0 Å². The lowest BCUT2D eigenvalue weighted by atomic mass is 10.1. The van der Waals surface area contributed by atoms with E-state index in [1.807, 2.05) is 12.1 Å². The minimum atomic E-state index is 0. The van der Waals surface area contributed by atoms with Gasteiger partial charge in [0.1, 0.15) is 12.4 Å². The zero-order valence-electron chi connectivity index (χ0n) is 16.1. The summed E-state index contributed by atoms with van der Waals surface area (Å²) in [6.45, 7) is 10.0. The number of hydrogen-bond acceptors (Lipinski definition) is 4. The molecule has 2 rings (SSSR count). The zero-order valence-corrected chi connectivity index (χ0v) is 18.5. The van der Waals surface area contributed by atoms with Crippen LogP contribution in [0.1, 0.15) is 42.3 Å². The Bertz CT molecular complexity index is 693. The summed E-state index contributed by atoms with van der Waals surface area (Å²) in [5.74, 6) is 2.80. The Labute approximate surface area is 172 Å². The van der Waals surface area contributed by atoms with E-state index in [0.717, 1.165) is 28.3 Å². The van der Waals surface area contributed by atoms with Crippen molar-refractivity contribution in [2.45, 2.75) is 40.2 Å². The third-order valence-electron chi connectivity index (χ3n) is 3.87. The van der Waals surface area contributed by atoms with E-state index < -0.39 is 0 Å². The molecule has 0 fully saturated rings. The number of hydrogen-bond donors (Lipinski definition) is 2. The molecule has 0 radical (unpaired) electrons. The van der Waals surface area contributed by atoms with Gasteiger partial charge in [0.2, 0.25) is 0 Å². The maximum Gasteiger partial charge on any atom is 0.191 e. The molecule has 7 heteroatoms. The number of benzene rings is 1. The van der Waals surface area contributed by atoms with Gasteiger partial charge in [-0.25, -0.2) is 0 Å². The molecule has 0 atom stereocenters. The molecule has 0 unspecified atom stereocenters. The molecule has 0 aliphatic carbocycles. The molecular formula is C19H29IN4O2. The van der Waals surface area contributed by atoms with E-state index in [2.05, 4.69) is 60.6 Å². The minimum Gasteiger partial charge on any atom is -0.491 e. The molecule has 2 N–H and O–H groups in total. The van der Waals surface area contributed by atoms with Crippen molar-refractivity contribution in [3.8, 4) is 5.75 Å². The monoisotopic (exact) mass is 472 g/mol. The quantitative estimate of drug-likeness (QED) is 0.278. The molecule has 2 aromatic rings. The van der Waals surface area contributed by atoms with E-state index in [1.54, 1.807) is 7.05 Å². The summed E-state index contributed by atoms with van der Waals surface area (Å²) in [6, 6.07) is 8.11. The summed E-state index contributed by atoms with van der Waals surface area (Å²) in [5.41, 5.74) is 3.25. The first-order valence-electron chi connectivity index (χ1n) is 8.60. The molecule has 0 saturated heterocycles. The highest BCUT2D eigenvalue weighted by Gasteiger charge is 2.08. The van der Waals surface area contributed by atoms with Crippen LogP contribution in [0.4, 0.5) is 0 Å². The van der Waals surface area contributed by atoms with Gasteiger partial charge in [-0.05, 0) is 30.9 Å². The van der Waals surface area contributed by atoms with E-state index in [1.165, 1.54) is 0 Å². The van der Waals surface area contributed by atoms with Gasteiger partial charge in [-0.2, -0.15) is 0 Å². The smallest absolute Gasteiger partial charge is 0.191 e. The van der Waals surface area contributed by atoms with Gasteiger partial charge >= 0.3 is 0 Å². The lowest BCUT2D eigenvalue weighted by molar-refractivity contribution is 0.317. The van der Waals surface area contributed by atoms with Crippen molar-refractivity contribution in [1.29, 1.82) is 0 Å². The van der Waals surface area contributed by atoms with Crippen molar-refractivity contribution < 1.29 is 9.26 Å². The summed E-state index contributed by atoms with van der Waals surface area (Å²) in [6.07, 6.45) is 0. The number of aryl methyl sites for hydroxylation is 2. The molecule has 1 heterocycles. The first kappa shape index (κ1) is 22.3. The lowest BCUT2D eigenvalue weighted by Gasteiger charge is -2.14. The first-order chi connectivity index (χ1) is 12.0. The highest BCUT2D eigenvalue weighted by molar-refractivity contribution is 14.0. The molecule has 6 nitrogen and oxygen atoms in total. The second-order valence-electron chi connectivity index (χ2n) is 6.29. The van der Waals surface area contributed by atoms with Crippen LogP contribution in [0.5, 0.6) is 5.75 Å². The zero-order chi connectivity index (χ0) is 18.2. The number of aliphatic imine (C=N–C) groups is 1. The molecular weight excluding hydrogens is 443 g/mol. The predicted octanol–water partition coefficient (Wildman–Crippen LogP) is 3.78. The number of halogens is 1. The Balaban J connectivity index is 0.00000338. The molecule has 0 bridgehead atoms. The van der Waals surface area contributed by atoms with E-state index >= 15 is 0 Å². The SMILES string of the molecule is CN=C(NCCOc1c(C)cccc1C)NCc1cc(C(C)C)no1.I. The largest absolute Gasteiger partial charge is 0.491 e. The van der Waals surface area contributed by atoms with Crippen LogP contribution in [-0.2, 0) is 6.54 Å². The van der Waals surface area contributed by atoms with E-state index in [0.29, 0.717) is 31.6 Å². The van der Waals surface area contributed by atoms with Gasteiger partial charge in [-0.3, -0.25) is 4.99 Å². The number of para-hydroxylation sites is 1. The van der Waals surface area contributed by atoms with Crippen molar-refractivity contribution in [2.75, 3.05) is 20.2 Å². The third kappa shape index (κ3) is 6.51. The molecule has 0 aliphatic rings. The Hall–Kier alpha value is -1.77. The number of nitrogens with zero attached hydrogens (tertiary/aromatic N) is 2. The summed E-state index contributed by atoms with van der Waals surface area (Å²) < 4.78 is 11.2. The molecule has 1 aromatic heterocycles. The Morgan fingerprint density at radius 1 is 1.23 bits per heavy atom. The van der Waals surface area contributed by atoms with Crippen molar-refractivity contribution in [3.63, 3.8) is 0 Å². The third-order valence-corrected chi connectivity index (χ3v) is 3.87. The van der Waals surface area contributed by atoms with Gasteiger partial charge in [0, 0.05) is 13.1 Å². The van der Waals surface area contributed by atoms with E-state index in [9.17, 15) is 0 Å². The van der Waals surface area contributed by atoms with Crippen LogP contribution < -0.4 is 15.4 Å². The van der Waals surface area contributed by atoms with Crippen LogP contribution in [0.15, 0.2) is 33.8 Å². The number of ether oxygens (including phenoxy) is 1. The van der Waals surface area contributed by atoms with Gasteiger partial charge in [-0.1, -0.05) is 37.2 Å². The molecule has 0 spiro atoms. The second-order valence-corrected chi connectivity index (χ2v) is 6.29. The minimum absolute atomic E-state index is 0. The molecule has 1 aromatic carbocycles. The standard InChI is InChI=1S/C19H28N4O2.HI/c1-13(2)17-11-16(25-23-17)12-22-19(20-5)21-9-10-24-18-14(3)7-6-8-15(18)4;/h6-8,11,13H,9-10,12H2,1-5H3,(H2,20,21,22);1H. The molecule has 144 valence electrons. The number of aromatic nitrogens is 1. The van der Waals surface area contributed by atoms with Crippen molar-refractivity contribution in [2.24, 2.45) is 4.99 Å². The second kappa shape index (κ2) is 11.1. The summed E-state index contributed by atoms with van der Waals surface area (Å²) in [7, 11) is 1.74. The van der Waals surface area contributed by atoms with E-state index in [4.69, 9.17) is 9.26 Å². The molecule has 26 heavy (non-hydrogen) atoms. The van der Waals surface area contributed by atoms with Crippen LogP contribution in [0.3, 0.4) is 0 Å². The Morgan fingerprint density at radius 2 is 1.92 bits per heavy atom. The van der Waals surface area contributed by atoms with Gasteiger partial charge in [0.15, 0.2) is 11.7 Å². The summed E-state index contributed by atoms with van der Waals surface area (Å²) >= 11 is 0. The predicted molar refractivity (Wildman–Crippen MR) is 116 cm³/mol. The first-order valence-corrected chi connectivity index (χ1v) is 8.60. The molecule has 0 aliphatic heterocycles. The van der Waals surface area contributed by atoms with Crippen molar-refractivity contribution >= 4 is 29.9 Å². The fraction of sp³-hybridized carbons (Fsp3) is 0.474. The van der Waals surface area contributed by atoms with Crippen molar-refractivity contribution in [3.05, 3.63) is 46.8 Å². The van der Waals surface area contributed by atoms with Crippen molar-refractivity contribution in [1.82, 2.24) is 15.8 Å². The van der Waals surface area contributed by atoms with Crippen LogP contribution in [0.25, 0.3) is 0 Å². The number of rotatable bonds is 7. The Morgan fingerprint density at radius 3 is 2.50 bits per heavy atom. The highest BCUT2D eigenvalue weighted by Crippen LogP contribution is 2.21. The van der Waals surface area contributed by atoms with Gasteiger partial charge < -0.3 is 19.9 Å². The summed E-state index contributed by atoms with van der Waals surface area (Å²) in [5, 5.41) is 10.5. The fourth-order valence-electron chi connectivity index (χ4n) is 2.43. The number of guanidine groups is 1. The van der Waals surface area contributed by atoms with Gasteiger partial charge in [0.05, 0.1) is 18.8 Å². The maximum absolute atomic E-state index is 5.88. The number of nitrogens with one attached hydrogen (secondary N) is 2. The van der Waals surface area contributed by atoms with Crippen LogP contribution in [0.2, 0.25) is 0 Å². The Kier molecular flexibility index (Phi) is 9.47. The normalized spacial score (nSPS) is 11.2. The van der Waals surface area contributed by atoms with Crippen LogP contribution in [0, 0.1) is 13.8 Å². The average Bonchev–Trinajstić information content (AvgIpc) is 3.05. The molecule has 0 amide bonds. The summed E-state index contributed by atoms with van der Waals surface area (Å²) in [4.78, 5) is 4.20. The molecule has 0 saturated carbocycles. The van der Waals surface area contributed by atoms with Gasteiger partial charge in [0.25, 0.3) is 0 Å². The maximum atomic E-state index is 5.88. The fourth-order valence-corrected chi connectivity index (χ4v) is 2.43. The lowest BCUT2D eigenvalue weighted by Crippen LogP contribution is -2.38. The van der Waals surface area contributed by atoms with Gasteiger partial charge in [-0.15, -0.1) is 24.0 Å².